The van der Waals surface area contributed by atoms with Crippen LogP contribution in [0, 0.1) is 0 Å². The van der Waals surface area contributed by atoms with E-state index in [-0.39, 0.29) is 6.04 Å². The van der Waals surface area contributed by atoms with E-state index in [0.717, 1.165) is 22.6 Å². The van der Waals surface area contributed by atoms with E-state index < -0.39 is 10.0 Å². The van der Waals surface area contributed by atoms with Crippen molar-refractivity contribution in [3.8, 4) is 0 Å². The van der Waals surface area contributed by atoms with Crippen LogP contribution in [0.3, 0.4) is 0 Å². The molecule has 1 unspecified atom stereocenters. The molecular weight excluding hydrogens is 414 g/mol. The summed E-state index contributed by atoms with van der Waals surface area (Å²) < 4.78 is 28.7. The summed E-state index contributed by atoms with van der Waals surface area (Å²) in [6.45, 7) is 0. The van der Waals surface area contributed by atoms with Crippen molar-refractivity contribution < 1.29 is 8.42 Å². The SMILES string of the molecule is O=S(=O)(NC1CCSc2ccc(Cl)cc21)c1sccc1Br. The molecule has 0 amide bonds. The fourth-order valence-electron chi connectivity index (χ4n) is 2.20. The molecule has 0 radical (unpaired) electrons. The minimum absolute atomic E-state index is 0.237. The standard InChI is InChI=1S/C13H11BrClNO2S3/c14-10-3-5-20-13(10)21(17,18)16-11-4-6-19-12-2-1-8(15)7-9(11)12/h1-3,5,7,11,16H,4,6H2. The topological polar surface area (TPSA) is 46.2 Å². The molecule has 2 aromatic rings. The van der Waals surface area contributed by atoms with E-state index in [0.29, 0.717) is 13.7 Å². The highest BCUT2D eigenvalue weighted by Crippen LogP contribution is 2.39. The summed E-state index contributed by atoms with van der Waals surface area (Å²) >= 11 is 12.3. The largest absolute Gasteiger partial charge is 0.251 e. The van der Waals surface area contributed by atoms with Gasteiger partial charge in [-0.1, -0.05) is 11.6 Å². The molecule has 1 N–H and O–H groups in total. The zero-order valence-corrected chi connectivity index (χ0v) is 15.5. The number of sulfonamides is 1. The molecule has 2 heterocycles. The van der Waals surface area contributed by atoms with E-state index in [1.165, 1.54) is 11.3 Å². The van der Waals surface area contributed by atoms with E-state index >= 15 is 0 Å². The van der Waals surface area contributed by atoms with Crippen molar-refractivity contribution in [3.63, 3.8) is 0 Å². The van der Waals surface area contributed by atoms with Gasteiger partial charge in [-0.05, 0) is 63.3 Å². The van der Waals surface area contributed by atoms with Crippen LogP contribution in [0.15, 0.2) is 43.2 Å². The summed E-state index contributed by atoms with van der Waals surface area (Å²) in [5, 5.41) is 2.37. The average Bonchev–Trinajstić information content (AvgIpc) is 2.86. The molecular formula is C13H11BrClNO2S3. The van der Waals surface area contributed by atoms with Crippen LogP contribution in [0.5, 0.6) is 0 Å². The van der Waals surface area contributed by atoms with Crippen molar-refractivity contribution in [2.75, 3.05) is 5.75 Å². The molecule has 1 aliphatic rings. The first-order valence-electron chi connectivity index (χ1n) is 6.15. The molecule has 1 atom stereocenters. The zero-order chi connectivity index (χ0) is 15.0. The van der Waals surface area contributed by atoms with Crippen LogP contribution in [0.25, 0.3) is 0 Å². The lowest BCUT2D eigenvalue weighted by Crippen LogP contribution is -2.30. The second kappa shape index (κ2) is 6.22. The van der Waals surface area contributed by atoms with Gasteiger partial charge in [-0.3, -0.25) is 0 Å². The van der Waals surface area contributed by atoms with Crippen molar-refractivity contribution in [1.82, 2.24) is 4.72 Å². The number of thiophene rings is 1. The molecule has 21 heavy (non-hydrogen) atoms. The van der Waals surface area contributed by atoms with E-state index in [4.69, 9.17) is 11.6 Å². The Morgan fingerprint density at radius 2 is 2.14 bits per heavy atom. The Labute approximate surface area is 145 Å². The molecule has 0 aliphatic carbocycles. The molecule has 1 aromatic heterocycles. The lowest BCUT2D eigenvalue weighted by Gasteiger charge is -2.25. The smallest absolute Gasteiger partial charge is 0.206 e. The van der Waals surface area contributed by atoms with Gasteiger partial charge in [-0.15, -0.1) is 23.1 Å². The number of fused-ring (bicyclic) bond motifs is 1. The number of hydrogen-bond acceptors (Lipinski definition) is 4. The predicted octanol–water partition coefficient (Wildman–Crippen LogP) is 4.68. The van der Waals surface area contributed by atoms with Gasteiger partial charge in [0.1, 0.15) is 4.21 Å². The van der Waals surface area contributed by atoms with Crippen LogP contribution in [0.4, 0.5) is 0 Å². The first-order chi connectivity index (χ1) is 9.97. The van der Waals surface area contributed by atoms with Gasteiger partial charge in [0.05, 0.1) is 0 Å². The molecule has 8 heteroatoms. The lowest BCUT2D eigenvalue weighted by molar-refractivity contribution is 0.547. The van der Waals surface area contributed by atoms with Crippen molar-refractivity contribution in [2.45, 2.75) is 21.6 Å². The van der Waals surface area contributed by atoms with E-state index in [2.05, 4.69) is 20.7 Å². The molecule has 3 nitrogen and oxygen atoms in total. The predicted molar refractivity (Wildman–Crippen MR) is 91.9 cm³/mol. The second-order valence-electron chi connectivity index (χ2n) is 4.55. The normalized spacial score (nSPS) is 18.5. The van der Waals surface area contributed by atoms with Gasteiger partial charge in [0.15, 0.2) is 0 Å². The van der Waals surface area contributed by atoms with Gasteiger partial charge in [0.25, 0.3) is 10.0 Å². The Morgan fingerprint density at radius 3 is 2.86 bits per heavy atom. The Hall–Kier alpha value is -0.0500. The Bertz CT molecular complexity index is 775. The van der Waals surface area contributed by atoms with Crippen molar-refractivity contribution in [3.05, 3.63) is 44.7 Å². The van der Waals surface area contributed by atoms with Crippen molar-refractivity contribution >= 4 is 60.7 Å². The second-order valence-corrected chi connectivity index (χ2v) is 9.80. The number of rotatable bonds is 3. The van der Waals surface area contributed by atoms with Gasteiger partial charge in [-0.2, -0.15) is 0 Å². The van der Waals surface area contributed by atoms with E-state index in [9.17, 15) is 8.42 Å². The first kappa shape index (κ1) is 15.8. The molecule has 0 bridgehead atoms. The number of thioether (sulfide) groups is 1. The van der Waals surface area contributed by atoms with E-state index in [1.807, 2.05) is 18.2 Å². The fourth-order valence-corrected chi connectivity index (χ4v) is 7.09. The summed E-state index contributed by atoms with van der Waals surface area (Å²) in [7, 11) is -3.53. The summed E-state index contributed by atoms with van der Waals surface area (Å²) in [6, 6.07) is 7.13. The molecule has 1 aromatic carbocycles. The van der Waals surface area contributed by atoms with Gasteiger partial charge in [0.2, 0.25) is 0 Å². The van der Waals surface area contributed by atoms with Gasteiger partial charge < -0.3 is 0 Å². The maximum Gasteiger partial charge on any atom is 0.251 e. The zero-order valence-electron chi connectivity index (χ0n) is 10.7. The fraction of sp³-hybridized carbons (Fsp3) is 0.231. The van der Waals surface area contributed by atoms with Crippen LogP contribution in [0.1, 0.15) is 18.0 Å². The average molecular weight is 425 g/mol. The van der Waals surface area contributed by atoms with Gasteiger partial charge >= 0.3 is 0 Å². The van der Waals surface area contributed by atoms with Crippen LogP contribution in [-0.4, -0.2) is 14.2 Å². The lowest BCUT2D eigenvalue weighted by atomic mass is 10.1. The van der Waals surface area contributed by atoms with Crippen molar-refractivity contribution in [1.29, 1.82) is 0 Å². The molecule has 0 saturated carbocycles. The Kier molecular flexibility index (Phi) is 4.69. The van der Waals surface area contributed by atoms with Gasteiger partial charge in [-0.25, -0.2) is 13.1 Å². The summed E-state index contributed by atoms with van der Waals surface area (Å²) in [5.74, 6) is 0.882. The van der Waals surface area contributed by atoms with Crippen molar-refractivity contribution in [2.24, 2.45) is 0 Å². The number of halogens is 2. The third kappa shape index (κ3) is 3.33. The number of nitrogens with one attached hydrogen (secondary N) is 1. The quantitative estimate of drug-likeness (QED) is 0.778. The third-order valence-electron chi connectivity index (χ3n) is 3.14. The molecule has 0 saturated heterocycles. The summed E-state index contributed by atoms with van der Waals surface area (Å²) in [4.78, 5) is 1.09. The van der Waals surface area contributed by atoms with Crippen LogP contribution in [-0.2, 0) is 10.0 Å². The highest BCUT2D eigenvalue weighted by Gasteiger charge is 2.28. The molecule has 0 fully saturated rings. The maximum atomic E-state index is 12.5. The van der Waals surface area contributed by atoms with Gasteiger partial charge in [0, 0.05) is 20.4 Å². The Morgan fingerprint density at radius 1 is 1.33 bits per heavy atom. The molecule has 1 aliphatic heterocycles. The van der Waals surface area contributed by atoms with Crippen LogP contribution < -0.4 is 4.72 Å². The highest BCUT2D eigenvalue weighted by molar-refractivity contribution is 9.10. The molecule has 0 spiro atoms. The minimum atomic E-state index is -3.53. The summed E-state index contributed by atoms with van der Waals surface area (Å²) in [6.07, 6.45) is 0.750. The molecule has 3 rings (SSSR count). The third-order valence-corrected chi connectivity index (χ3v) is 8.64. The van der Waals surface area contributed by atoms with Crippen LogP contribution in [0.2, 0.25) is 5.02 Å². The number of benzene rings is 1. The Balaban J connectivity index is 1.94. The minimum Gasteiger partial charge on any atom is -0.206 e. The summed E-state index contributed by atoms with van der Waals surface area (Å²) in [5.41, 5.74) is 0.954. The monoisotopic (exact) mass is 423 g/mol. The molecule has 112 valence electrons. The highest BCUT2D eigenvalue weighted by atomic mass is 79.9. The number of hydrogen-bond donors (Lipinski definition) is 1. The maximum absolute atomic E-state index is 12.5. The first-order valence-corrected chi connectivity index (χ1v) is 10.7. The van der Waals surface area contributed by atoms with E-state index in [1.54, 1.807) is 23.2 Å². The van der Waals surface area contributed by atoms with Crippen LogP contribution >= 0.6 is 50.6 Å².